The Balaban J connectivity index is 1.39. The van der Waals surface area contributed by atoms with E-state index in [4.69, 9.17) is 15.0 Å². The Hall–Kier alpha value is -5.70. The molecule has 0 fully saturated rings. The standard InChI is InChI=1S/C30H21N9/c1-4-22(16-25(7-1)37-13-10-31-19-37)28-34-29(23-5-2-8-26(17-23)38-14-11-32-20-38)36-30(35-28)24-6-3-9-27(18-24)39-15-12-33-21-39/h1-21H. The van der Waals surface area contributed by atoms with Crippen LogP contribution in [-0.2, 0) is 0 Å². The molecule has 7 rings (SSSR count). The summed E-state index contributed by atoms with van der Waals surface area (Å²) in [5.74, 6) is 1.74. The predicted octanol–water partition coefficient (Wildman–Crippen LogP) is 5.43. The summed E-state index contributed by atoms with van der Waals surface area (Å²) >= 11 is 0. The van der Waals surface area contributed by atoms with Crippen molar-refractivity contribution in [3.8, 4) is 51.2 Å². The van der Waals surface area contributed by atoms with Crippen LogP contribution in [0.25, 0.3) is 51.2 Å². The fourth-order valence-electron chi connectivity index (χ4n) is 4.42. The lowest BCUT2D eigenvalue weighted by Gasteiger charge is -2.11. The van der Waals surface area contributed by atoms with Gasteiger partial charge in [-0.2, -0.15) is 0 Å². The van der Waals surface area contributed by atoms with E-state index >= 15 is 0 Å². The van der Waals surface area contributed by atoms with Crippen LogP contribution in [0.2, 0.25) is 0 Å². The molecule has 39 heavy (non-hydrogen) atoms. The van der Waals surface area contributed by atoms with E-state index in [1.165, 1.54) is 0 Å². The van der Waals surface area contributed by atoms with Crippen LogP contribution >= 0.6 is 0 Å². The van der Waals surface area contributed by atoms with Gasteiger partial charge < -0.3 is 13.7 Å². The highest BCUT2D eigenvalue weighted by Gasteiger charge is 2.14. The molecule has 0 atom stereocenters. The van der Waals surface area contributed by atoms with Gasteiger partial charge in [-0.05, 0) is 36.4 Å². The lowest BCUT2D eigenvalue weighted by molar-refractivity contribution is 1.04. The fourth-order valence-corrected chi connectivity index (χ4v) is 4.42. The van der Waals surface area contributed by atoms with Crippen molar-refractivity contribution < 1.29 is 0 Å². The minimum absolute atomic E-state index is 0.582. The summed E-state index contributed by atoms with van der Waals surface area (Å²) in [4.78, 5) is 27.3. The zero-order chi connectivity index (χ0) is 26.0. The molecule has 0 amide bonds. The predicted molar refractivity (Wildman–Crippen MR) is 148 cm³/mol. The summed E-state index contributed by atoms with van der Waals surface area (Å²) in [5, 5.41) is 0. The number of benzene rings is 3. The third-order valence-corrected chi connectivity index (χ3v) is 6.36. The second kappa shape index (κ2) is 9.64. The van der Waals surface area contributed by atoms with Crippen LogP contribution < -0.4 is 0 Å². The van der Waals surface area contributed by atoms with Crippen LogP contribution in [0, 0.1) is 0 Å². The highest BCUT2D eigenvalue weighted by atomic mass is 15.1. The highest BCUT2D eigenvalue weighted by Crippen LogP contribution is 2.27. The molecule has 0 radical (unpaired) electrons. The van der Waals surface area contributed by atoms with Gasteiger partial charge in [0.15, 0.2) is 17.5 Å². The van der Waals surface area contributed by atoms with E-state index in [1.54, 1.807) is 37.6 Å². The van der Waals surface area contributed by atoms with Crippen molar-refractivity contribution in [2.45, 2.75) is 0 Å². The molecule has 0 saturated heterocycles. The van der Waals surface area contributed by atoms with E-state index in [0.717, 1.165) is 33.8 Å². The lowest BCUT2D eigenvalue weighted by atomic mass is 10.1. The summed E-state index contributed by atoms with van der Waals surface area (Å²) in [6.45, 7) is 0. The van der Waals surface area contributed by atoms with E-state index < -0.39 is 0 Å². The van der Waals surface area contributed by atoms with Crippen molar-refractivity contribution in [2.75, 3.05) is 0 Å². The Morgan fingerprint density at radius 1 is 0.410 bits per heavy atom. The van der Waals surface area contributed by atoms with Crippen LogP contribution in [0.3, 0.4) is 0 Å². The molecule has 3 aromatic carbocycles. The number of imidazole rings is 3. The van der Waals surface area contributed by atoms with Gasteiger partial charge in [-0.15, -0.1) is 0 Å². The Bertz CT molecular complexity index is 1620. The van der Waals surface area contributed by atoms with Crippen molar-refractivity contribution in [3.05, 3.63) is 129 Å². The monoisotopic (exact) mass is 507 g/mol. The van der Waals surface area contributed by atoms with Gasteiger partial charge in [-0.1, -0.05) is 36.4 Å². The maximum atomic E-state index is 4.93. The van der Waals surface area contributed by atoms with Gasteiger partial charge in [0.1, 0.15) is 0 Å². The van der Waals surface area contributed by atoms with Crippen LogP contribution in [-0.4, -0.2) is 43.6 Å². The second-order valence-electron chi connectivity index (χ2n) is 8.87. The summed E-state index contributed by atoms with van der Waals surface area (Å²) < 4.78 is 5.86. The average molecular weight is 508 g/mol. The fraction of sp³-hybridized carbons (Fsp3) is 0. The van der Waals surface area contributed by atoms with Gasteiger partial charge in [-0.3, -0.25) is 0 Å². The largest absolute Gasteiger partial charge is 0.306 e. The first kappa shape index (κ1) is 22.5. The number of hydrogen-bond donors (Lipinski definition) is 0. The molecule has 4 heterocycles. The highest BCUT2D eigenvalue weighted by molar-refractivity contribution is 5.69. The van der Waals surface area contributed by atoms with Gasteiger partial charge in [0.25, 0.3) is 0 Å². The molecular weight excluding hydrogens is 486 g/mol. The van der Waals surface area contributed by atoms with Crippen LogP contribution in [0.5, 0.6) is 0 Å². The zero-order valence-electron chi connectivity index (χ0n) is 20.6. The van der Waals surface area contributed by atoms with Crippen molar-refractivity contribution in [3.63, 3.8) is 0 Å². The summed E-state index contributed by atoms with van der Waals surface area (Å²) in [5.41, 5.74) is 5.54. The van der Waals surface area contributed by atoms with E-state index in [0.29, 0.717) is 17.5 Å². The first-order chi connectivity index (χ1) is 19.3. The Morgan fingerprint density at radius 3 is 1.03 bits per heavy atom. The minimum Gasteiger partial charge on any atom is -0.306 e. The SMILES string of the molecule is c1cc(-c2nc(-c3cccc(-n4ccnc4)c3)nc(-c3cccc(-n4ccnc4)c3)n2)cc(-n2ccnc2)c1. The van der Waals surface area contributed by atoms with E-state index in [2.05, 4.69) is 15.0 Å². The van der Waals surface area contributed by atoms with Gasteiger partial charge in [0.05, 0.1) is 19.0 Å². The van der Waals surface area contributed by atoms with Crippen molar-refractivity contribution >= 4 is 0 Å². The summed E-state index contributed by atoms with van der Waals surface area (Å²) in [7, 11) is 0. The summed E-state index contributed by atoms with van der Waals surface area (Å²) in [6.07, 6.45) is 16.3. The zero-order valence-corrected chi connectivity index (χ0v) is 20.6. The molecule has 0 spiro atoms. The second-order valence-corrected chi connectivity index (χ2v) is 8.87. The Morgan fingerprint density at radius 2 is 0.744 bits per heavy atom. The third kappa shape index (κ3) is 4.49. The number of nitrogens with zero attached hydrogens (tertiary/aromatic N) is 9. The van der Waals surface area contributed by atoms with E-state index in [-0.39, 0.29) is 0 Å². The van der Waals surface area contributed by atoms with E-state index in [9.17, 15) is 0 Å². The number of hydrogen-bond acceptors (Lipinski definition) is 6. The number of rotatable bonds is 6. The third-order valence-electron chi connectivity index (χ3n) is 6.36. The quantitative estimate of drug-likeness (QED) is 0.298. The molecule has 0 N–H and O–H groups in total. The maximum absolute atomic E-state index is 4.93. The molecular formula is C30H21N9. The van der Waals surface area contributed by atoms with Crippen molar-refractivity contribution in [1.82, 2.24) is 43.6 Å². The van der Waals surface area contributed by atoms with Gasteiger partial charge >= 0.3 is 0 Å². The van der Waals surface area contributed by atoms with Crippen LogP contribution in [0.4, 0.5) is 0 Å². The molecule has 0 bridgehead atoms. The lowest BCUT2D eigenvalue weighted by Crippen LogP contribution is -2.02. The molecule has 0 saturated carbocycles. The molecule has 0 aliphatic carbocycles. The molecule has 4 aromatic heterocycles. The van der Waals surface area contributed by atoms with Crippen molar-refractivity contribution in [1.29, 1.82) is 0 Å². The van der Waals surface area contributed by atoms with Crippen LogP contribution in [0.1, 0.15) is 0 Å². The first-order valence-corrected chi connectivity index (χ1v) is 12.3. The average Bonchev–Trinajstić information content (AvgIpc) is 3.81. The molecule has 0 aliphatic heterocycles. The van der Waals surface area contributed by atoms with Gasteiger partial charge in [0.2, 0.25) is 0 Å². The number of aromatic nitrogens is 9. The molecule has 9 nitrogen and oxygen atoms in total. The molecule has 9 heteroatoms. The molecule has 0 unspecified atom stereocenters. The smallest absolute Gasteiger partial charge is 0.164 e. The van der Waals surface area contributed by atoms with Gasteiger partial charge in [0, 0.05) is 70.9 Å². The van der Waals surface area contributed by atoms with Crippen molar-refractivity contribution in [2.24, 2.45) is 0 Å². The molecule has 0 aliphatic rings. The normalized spacial score (nSPS) is 11.1. The van der Waals surface area contributed by atoms with Crippen LogP contribution in [0.15, 0.2) is 129 Å². The topological polar surface area (TPSA) is 92.1 Å². The first-order valence-electron chi connectivity index (χ1n) is 12.3. The molecule has 7 aromatic rings. The Kier molecular flexibility index (Phi) is 5.56. The summed E-state index contributed by atoms with van der Waals surface area (Å²) in [6, 6.07) is 24.2. The Labute approximate surface area is 223 Å². The minimum atomic E-state index is 0.582. The molecule has 186 valence electrons. The van der Waals surface area contributed by atoms with Gasteiger partial charge in [-0.25, -0.2) is 29.9 Å². The van der Waals surface area contributed by atoms with E-state index in [1.807, 2.05) is 105 Å². The maximum Gasteiger partial charge on any atom is 0.164 e.